The zero-order chi connectivity index (χ0) is 19.3. The fourth-order valence-electron chi connectivity index (χ4n) is 2.96. The Labute approximate surface area is 158 Å². The van der Waals surface area contributed by atoms with Crippen molar-refractivity contribution in [2.24, 2.45) is 5.92 Å². The first-order valence-electron chi connectivity index (χ1n) is 8.74. The van der Waals surface area contributed by atoms with E-state index in [4.69, 9.17) is 0 Å². The van der Waals surface area contributed by atoms with Gasteiger partial charge in [-0.3, -0.25) is 4.79 Å². The van der Waals surface area contributed by atoms with Crippen molar-refractivity contribution >= 4 is 27.7 Å². The van der Waals surface area contributed by atoms with Crippen LogP contribution < -0.4 is 5.32 Å². The summed E-state index contributed by atoms with van der Waals surface area (Å²) >= 11 is 0. The summed E-state index contributed by atoms with van der Waals surface area (Å²) in [7, 11) is -3.51. The molecule has 0 spiro atoms. The monoisotopic (exact) mass is 388 g/mol. The third-order valence-corrected chi connectivity index (χ3v) is 6.09. The summed E-state index contributed by atoms with van der Waals surface area (Å²) in [4.78, 5) is 12.3. The second-order valence-electron chi connectivity index (χ2n) is 6.43. The van der Waals surface area contributed by atoms with E-state index < -0.39 is 10.0 Å². The first-order valence-corrected chi connectivity index (χ1v) is 10.2. The minimum Gasteiger partial charge on any atom is -0.326 e. The molecule has 0 unspecified atom stereocenters. The molecule has 142 valence electrons. The Bertz CT molecular complexity index is 904. The molecule has 2 aromatic carbocycles. The number of halogens is 1. The van der Waals surface area contributed by atoms with Gasteiger partial charge in [-0.25, -0.2) is 12.8 Å². The van der Waals surface area contributed by atoms with Gasteiger partial charge in [-0.05, 0) is 48.7 Å². The molecular weight excluding hydrogens is 367 g/mol. The Morgan fingerprint density at radius 2 is 1.67 bits per heavy atom. The van der Waals surface area contributed by atoms with Crippen LogP contribution >= 0.6 is 0 Å². The number of hydrogen-bond acceptors (Lipinski definition) is 3. The zero-order valence-electron chi connectivity index (χ0n) is 14.7. The Kier molecular flexibility index (Phi) is 6.03. The van der Waals surface area contributed by atoms with Gasteiger partial charge in [0.15, 0.2) is 0 Å². The molecule has 0 saturated carbocycles. The lowest BCUT2D eigenvalue weighted by Crippen LogP contribution is -2.40. The maximum atomic E-state index is 12.9. The second kappa shape index (κ2) is 8.45. The van der Waals surface area contributed by atoms with Crippen LogP contribution in [0.4, 0.5) is 10.1 Å². The Morgan fingerprint density at radius 3 is 2.30 bits per heavy atom. The summed E-state index contributed by atoms with van der Waals surface area (Å²) < 4.78 is 39.2. The van der Waals surface area contributed by atoms with Gasteiger partial charge in [0.05, 0.1) is 0 Å². The maximum absolute atomic E-state index is 12.9. The van der Waals surface area contributed by atoms with Crippen LogP contribution in [0, 0.1) is 11.7 Å². The third-order valence-electron chi connectivity index (χ3n) is 4.53. The molecule has 1 fully saturated rings. The lowest BCUT2D eigenvalue weighted by atomic mass is 9.97. The largest absolute Gasteiger partial charge is 0.326 e. The molecule has 27 heavy (non-hydrogen) atoms. The highest BCUT2D eigenvalue weighted by atomic mass is 32.2. The molecule has 0 aliphatic carbocycles. The number of amides is 1. The highest BCUT2D eigenvalue weighted by Gasteiger charge is 2.29. The summed E-state index contributed by atoms with van der Waals surface area (Å²) in [5, 5.41) is 3.96. The van der Waals surface area contributed by atoms with Gasteiger partial charge in [-0.1, -0.05) is 30.3 Å². The molecule has 1 N–H and O–H groups in total. The predicted octanol–water partition coefficient (Wildman–Crippen LogP) is 3.48. The van der Waals surface area contributed by atoms with Crippen molar-refractivity contribution in [1.29, 1.82) is 0 Å². The van der Waals surface area contributed by atoms with Gasteiger partial charge in [0, 0.05) is 30.1 Å². The van der Waals surface area contributed by atoms with Gasteiger partial charge in [0.1, 0.15) is 5.82 Å². The van der Waals surface area contributed by atoms with E-state index >= 15 is 0 Å². The number of anilines is 1. The van der Waals surface area contributed by atoms with Crippen molar-refractivity contribution in [1.82, 2.24) is 4.31 Å². The van der Waals surface area contributed by atoms with Crippen LogP contribution in [-0.4, -0.2) is 31.7 Å². The Hall–Kier alpha value is -2.51. The number of hydrogen-bond donors (Lipinski definition) is 1. The lowest BCUT2D eigenvalue weighted by molar-refractivity contribution is -0.120. The van der Waals surface area contributed by atoms with E-state index in [1.807, 2.05) is 30.3 Å². The Balaban J connectivity index is 1.55. The average Bonchev–Trinajstić information content (AvgIpc) is 2.69. The lowest BCUT2D eigenvalue weighted by Gasteiger charge is -2.29. The van der Waals surface area contributed by atoms with Gasteiger partial charge in [0.2, 0.25) is 15.9 Å². The van der Waals surface area contributed by atoms with Gasteiger partial charge >= 0.3 is 0 Å². The summed E-state index contributed by atoms with van der Waals surface area (Å²) in [6.07, 6.45) is 2.47. The quantitative estimate of drug-likeness (QED) is 0.853. The van der Waals surface area contributed by atoms with Crippen LogP contribution in [-0.2, 0) is 14.8 Å². The average molecular weight is 388 g/mol. The maximum Gasteiger partial charge on any atom is 0.236 e. The van der Waals surface area contributed by atoms with Crippen molar-refractivity contribution < 1.29 is 17.6 Å². The Morgan fingerprint density at radius 1 is 1.04 bits per heavy atom. The number of nitrogens with one attached hydrogen (secondary N) is 1. The highest BCUT2D eigenvalue weighted by molar-refractivity contribution is 7.92. The molecular formula is C20H21FN2O3S. The first-order chi connectivity index (χ1) is 12.9. The van der Waals surface area contributed by atoms with Crippen LogP contribution in [0.25, 0.3) is 6.08 Å². The van der Waals surface area contributed by atoms with Crippen molar-refractivity contribution in [3.8, 4) is 0 Å². The minimum absolute atomic E-state index is 0.168. The minimum atomic E-state index is -3.51. The van der Waals surface area contributed by atoms with Crippen molar-refractivity contribution in [2.75, 3.05) is 18.4 Å². The predicted molar refractivity (Wildman–Crippen MR) is 104 cm³/mol. The van der Waals surface area contributed by atoms with Crippen molar-refractivity contribution in [3.63, 3.8) is 0 Å². The molecule has 1 saturated heterocycles. The normalized spacial score (nSPS) is 16.5. The number of piperidine rings is 1. The molecule has 1 aliphatic rings. The summed E-state index contributed by atoms with van der Waals surface area (Å²) in [5.74, 6) is -0.798. The molecule has 0 atom stereocenters. The number of rotatable bonds is 5. The molecule has 5 nitrogen and oxygen atoms in total. The van der Waals surface area contributed by atoms with E-state index in [0.29, 0.717) is 31.6 Å². The van der Waals surface area contributed by atoms with Crippen LogP contribution in [0.2, 0.25) is 0 Å². The van der Waals surface area contributed by atoms with Crippen molar-refractivity contribution in [2.45, 2.75) is 12.8 Å². The molecule has 0 aromatic heterocycles. The molecule has 3 rings (SSSR count). The number of carbonyl (C=O) groups excluding carboxylic acids is 1. The molecule has 0 radical (unpaired) electrons. The van der Waals surface area contributed by atoms with Crippen LogP contribution in [0.5, 0.6) is 0 Å². The number of sulfonamides is 1. The second-order valence-corrected chi connectivity index (χ2v) is 8.25. The van der Waals surface area contributed by atoms with Gasteiger partial charge in [-0.2, -0.15) is 4.31 Å². The third kappa shape index (κ3) is 5.24. The highest BCUT2D eigenvalue weighted by Crippen LogP contribution is 2.22. The summed E-state index contributed by atoms with van der Waals surface area (Å²) in [6.45, 7) is 0.589. The van der Waals surface area contributed by atoms with E-state index in [1.165, 1.54) is 34.0 Å². The molecule has 0 bridgehead atoms. The molecule has 1 heterocycles. The molecule has 1 aliphatic heterocycles. The van der Waals surface area contributed by atoms with E-state index in [9.17, 15) is 17.6 Å². The fraction of sp³-hybridized carbons (Fsp3) is 0.250. The van der Waals surface area contributed by atoms with Crippen LogP contribution in [0.3, 0.4) is 0 Å². The number of nitrogens with zero attached hydrogens (tertiary/aromatic N) is 1. The standard InChI is InChI=1S/C20H21FN2O3S/c21-18-6-8-19(9-7-18)22-20(24)17-10-13-23(14-11-17)27(25,26)15-12-16-4-2-1-3-5-16/h1-9,12,15,17H,10-11,13-14H2,(H,22,24)/b15-12+. The van der Waals surface area contributed by atoms with Gasteiger partial charge in [-0.15, -0.1) is 0 Å². The first kappa shape index (κ1) is 19.3. The van der Waals surface area contributed by atoms with E-state index in [1.54, 1.807) is 6.08 Å². The van der Waals surface area contributed by atoms with E-state index in [-0.39, 0.29) is 17.6 Å². The fourth-order valence-corrected chi connectivity index (χ4v) is 4.19. The molecule has 7 heteroatoms. The number of benzene rings is 2. The van der Waals surface area contributed by atoms with Gasteiger partial charge in [0.25, 0.3) is 0 Å². The van der Waals surface area contributed by atoms with Gasteiger partial charge < -0.3 is 5.32 Å². The molecule has 1 amide bonds. The number of carbonyl (C=O) groups is 1. The topological polar surface area (TPSA) is 66.5 Å². The molecule has 2 aromatic rings. The van der Waals surface area contributed by atoms with Crippen molar-refractivity contribution in [3.05, 3.63) is 71.4 Å². The van der Waals surface area contributed by atoms with Crippen LogP contribution in [0.15, 0.2) is 60.0 Å². The zero-order valence-corrected chi connectivity index (χ0v) is 15.5. The smallest absolute Gasteiger partial charge is 0.236 e. The summed E-state index contributed by atoms with van der Waals surface area (Å²) in [5.41, 5.74) is 1.34. The van der Waals surface area contributed by atoms with E-state index in [2.05, 4.69) is 5.32 Å². The van der Waals surface area contributed by atoms with Crippen LogP contribution in [0.1, 0.15) is 18.4 Å². The SMILES string of the molecule is O=C(Nc1ccc(F)cc1)C1CCN(S(=O)(=O)/C=C/c2ccccc2)CC1. The summed E-state index contributed by atoms with van der Waals surface area (Å²) in [6, 6.07) is 14.8. The van der Waals surface area contributed by atoms with E-state index in [0.717, 1.165) is 5.56 Å².